The first-order chi connectivity index (χ1) is 14.6. The van der Waals surface area contributed by atoms with E-state index in [4.69, 9.17) is 0 Å². The second-order valence-corrected chi connectivity index (χ2v) is 6.48. The maximum atomic E-state index is 12.6. The zero-order valence-corrected chi connectivity index (χ0v) is 16.6. The number of rotatable bonds is 9. The number of anilines is 1. The minimum atomic E-state index is -3.20. The smallest absolute Gasteiger partial charge is 0.387 e. The Labute approximate surface area is 175 Å². The van der Waals surface area contributed by atoms with Gasteiger partial charge in [-0.1, -0.05) is 0 Å². The maximum absolute atomic E-state index is 12.6. The van der Waals surface area contributed by atoms with E-state index in [-0.39, 0.29) is 23.3 Å². The van der Waals surface area contributed by atoms with Gasteiger partial charge >= 0.3 is 13.2 Å². The number of nitrogens with one attached hydrogen (secondary N) is 2. The fourth-order valence-corrected chi connectivity index (χ4v) is 2.43. The van der Waals surface area contributed by atoms with E-state index in [1.54, 1.807) is 0 Å². The summed E-state index contributed by atoms with van der Waals surface area (Å²) in [6.07, 6.45) is 2.24. The second kappa shape index (κ2) is 11.0. The summed E-state index contributed by atoms with van der Waals surface area (Å²) in [6, 6.07) is 9.31. The summed E-state index contributed by atoms with van der Waals surface area (Å²) in [5, 5.41) is 5.28. The fraction of sp³-hybridized carbons (Fsp3) is 0.238. The van der Waals surface area contributed by atoms with Crippen LogP contribution >= 0.6 is 0 Å². The Hall–Kier alpha value is -3.56. The Morgan fingerprint density at radius 3 is 2.16 bits per heavy atom. The van der Waals surface area contributed by atoms with E-state index in [2.05, 4.69) is 20.1 Å². The number of amides is 2. The molecule has 2 amide bonds. The quantitative estimate of drug-likeness (QED) is 0.439. The van der Waals surface area contributed by atoms with Crippen molar-refractivity contribution in [2.75, 3.05) is 5.32 Å². The lowest BCUT2D eigenvalue weighted by Gasteiger charge is -2.11. The number of hydrogen-bond acceptors (Lipinski definition) is 4. The summed E-state index contributed by atoms with van der Waals surface area (Å²) in [6.45, 7) is -2.67. The highest BCUT2D eigenvalue weighted by Gasteiger charge is 2.13. The minimum absolute atomic E-state index is 0.0213. The third-order valence-corrected chi connectivity index (χ3v) is 3.67. The molecule has 0 saturated carbocycles. The highest BCUT2D eigenvalue weighted by Crippen LogP contribution is 2.28. The van der Waals surface area contributed by atoms with E-state index >= 15 is 0 Å². The molecule has 0 radical (unpaired) electrons. The van der Waals surface area contributed by atoms with Crippen molar-refractivity contribution in [3.63, 3.8) is 0 Å². The molecule has 0 spiro atoms. The van der Waals surface area contributed by atoms with Gasteiger partial charge in [0.05, 0.1) is 0 Å². The molecule has 0 saturated heterocycles. The van der Waals surface area contributed by atoms with Crippen LogP contribution in [0.15, 0.2) is 48.5 Å². The van der Waals surface area contributed by atoms with Crippen LogP contribution in [0.4, 0.5) is 23.2 Å². The number of hydrogen-bond donors (Lipinski definition) is 2. The van der Waals surface area contributed by atoms with Crippen molar-refractivity contribution < 1.29 is 36.6 Å². The van der Waals surface area contributed by atoms with Crippen molar-refractivity contribution in [2.24, 2.45) is 0 Å². The number of ether oxygens (including phenoxy) is 2. The van der Waals surface area contributed by atoms with Crippen molar-refractivity contribution in [3.8, 4) is 11.5 Å². The normalized spacial score (nSPS) is 11.3. The second-order valence-electron chi connectivity index (χ2n) is 6.48. The lowest BCUT2D eigenvalue weighted by atomic mass is 10.1. The molecule has 2 aromatic rings. The van der Waals surface area contributed by atoms with Gasteiger partial charge in [-0.2, -0.15) is 17.6 Å². The van der Waals surface area contributed by atoms with Crippen molar-refractivity contribution in [2.45, 2.75) is 33.1 Å². The summed E-state index contributed by atoms with van der Waals surface area (Å²) in [5.74, 6) is -1.64. The highest BCUT2D eigenvalue weighted by molar-refractivity contribution is 6.02. The molecule has 6 nitrogen and oxygen atoms in total. The zero-order valence-electron chi connectivity index (χ0n) is 16.6. The number of carbonyl (C=O) groups is 2. The monoisotopic (exact) mass is 440 g/mol. The molecule has 0 bridgehead atoms. The molecule has 0 aliphatic heterocycles. The average molecular weight is 440 g/mol. The number of carbonyl (C=O) groups excluding carboxylic acids is 2. The predicted octanol–water partition coefficient (Wildman–Crippen LogP) is 4.68. The van der Waals surface area contributed by atoms with Crippen LogP contribution in [0.25, 0.3) is 6.08 Å². The molecule has 2 rings (SSSR count). The van der Waals surface area contributed by atoms with Crippen molar-refractivity contribution >= 4 is 23.6 Å². The van der Waals surface area contributed by atoms with E-state index in [0.29, 0.717) is 11.3 Å². The van der Waals surface area contributed by atoms with Gasteiger partial charge in [0.2, 0.25) is 5.91 Å². The van der Waals surface area contributed by atoms with E-state index in [0.717, 1.165) is 18.2 Å². The molecule has 0 fully saturated rings. The molecule has 0 unspecified atom stereocenters. The van der Waals surface area contributed by atoms with Crippen molar-refractivity contribution in [1.29, 1.82) is 0 Å². The minimum Gasteiger partial charge on any atom is -0.435 e. The topological polar surface area (TPSA) is 76.7 Å². The van der Waals surface area contributed by atoms with E-state index in [1.165, 1.54) is 36.4 Å². The zero-order chi connectivity index (χ0) is 23.0. The van der Waals surface area contributed by atoms with Crippen LogP contribution in [0.2, 0.25) is 0 Å². The van der Waals surface area contributed by atoms with E-state index in [9.17, 15) is 27.2 Å². The SMILES string of the molecule is CC(C)NC(=O)c1ccc(NC(=O)C=Cc2ccc(OC(F)F)cc2OC(F)F)cc1. The van der Waals surface area contributed by atoms with Crippen LogP contribution in [-0.2, 0) is 4.79 Å². The van der Waals surface area contributed by atoms with Gasteiger partial charge in [-0.3, -0.25) is 9.59 Å². The maximum Gasteiger partial charge on any atom is 0.387 e. The molecule has 10 heteroatoms. The van der Waals surface area contributed by atoms with Crippen LogP contribution in [0.5, 0.6) is 11.5 Å². The lowest BCUT2D eigenvalue weighted by Crippen LogP contribution is -2.29. The first-order valence-corrected chi connectivity index (χ1v) is 9.07. The highest BCUT2D eigenvalue weighted by atomic mass is 19.3. The average Bonchev–Trinajstić information content (AvgIpc) is 2.66. The van der Waals surface area contributed by atoms with Gasteiger partial charge in [-0.25, -0.2) is 0 Å². The fourth-order valence-electron chi connectivity index (χ4n) is 2.43. The molecule has 166 valence electrons. The van der Waals surface area contributed by atoms with Crippen LogP contribution in [0.3, 0.4) is 0 Å². The summed E-state index contributed by atoms with van der Waals surface area (Å²) >= 11 is 0. The molecule has 31 heavy (non-hydrogen) atoms. The summed E-state index contributed by atoms with van der Waals surface area (Å²) < 4.78 is 58.3. The van der Waals surface area contributed by atoms with E-state index < -0.39 is 24.9 Å². The Balaban J connectivity index is 2.07. The third kappa shape index (κ3) is 8.00. The summed E-state index contributed by atoms with van der Waals surface area (Å²) in [5.41, 5.74) is 0.875. The summed E-state index contributed by atoms with van der Waals surface area (Å²) in [4.78, 5) is 24.0. The number of benzene rings is 2. The Kier molecular flexibility index (Phi) is 8.42. The van der Waals surface area contributed by atoms with Gasteiger partial charge in [0.1, 0.15) is 11.5 Å². The van der Waals surface area contributed by atoms with Gasteiger partial charge < -0.3 is 20.1 Å². The van der Waals surface area contributed by atoms with Crippen LogP contribution in [0, 0.1) is 0 Å². The molecule has 0 aliphatic rings. The lowest BCUT2D eigenvalue weighted by molar-refractivity contribution is -0.111. The summed E-state index contributed by atoms with van der Waals surface area (Å²) in [7, 11) is 0. The first kappa shape index (κ1) is 23.7. The van der Waals surface area contributed by atoms with Crippen LogP contribution < -0.4 is 20.1 Å². The van der Waals surface area contributed by atoms with Gasteiger partial charge in [0.25, 0.3) is 5.91 Å². The molecular weight excluding hydrogens is 420 g/mol. The van der Waals surface area contributed by atoms with Gasteiger partial charge in [-0.15, -0.1) is 0 Å². The molecule has 0 atom stereocenters. The number of halogens is 4. The van der Waals surface area contributed by atoms with Gasteiger partial charge in [-0.05, 0) is 56.3 Å². The molecule has 2 N–H and O–H groups in total. The Morgan fingerprint density at radius 1 is 0.935 bits per heavy atom. The molecule has 0 heterocycles. The first-order valence-electron chi connectivity index (χ1n) is 9.07. The molecular formula is C21H20F4N2O4. The van der Waals surface area contributed by atoms with Crippen molar-refractivity contribution in [1.82, 2.24) is 5.32 Å². The number of alkyl halides is 4. The molecule has 2 aromatic carbocycles. The Morgan fingerprint density at radius 2 is 1.58 bits per heavy atom. The van der Waals surface area contributed by atoms with Crippen LogP contribution in [-0.4, -0.2) is 31.1 Å². The van der Waals surface area contributed by atoms with Crippen molar-refractivity contribution in [3.05, 3.63) is 59.7 Å². The molecule has 0 aliphatic carbocycles. The third-order valence-electron chi connectivity index (χ3n) is 3.67. The van der Waals surface area contributed by atoms with Gasteiger partial charge in [0.15, 0.2) is 0 Å². The predicted molar refractivity (Wildman–Crippen MR) is 106 cm³/mol. The Bertz CT molecular complexity index is 931. The molecule has 0 aromatic heterocycles. The van der Waals surface area contributed by atoms with Gasteiger partial charge in [0, 0.05) is 35.0 Å². The largest absolute Gasteiger partial charge is 0.435 e. The van der Waals surface area contributed by atoms with Crippen LogP contribution in [0.1, 0.15) is 29.8 Å². The standard InChI is InChI=1S/C21H20F4N2O4/c1-12(2)26-19(29)14-3-7-15(8-4-14)27-18(28)10-6-13-5-9-16(30-20(22)23)11-17(13)31-21(24)25/h3-12,20-21H,1-2H3,(H,26,29)(H,27,28). The van der Waals surface area contributed by atoms with E-state index in [1.807, 2.05) is 13.8 Å².